The van der Waals surface area contributed by atoms with Gasteiger partial charge in [0.2, 0.25) is 0 Å². The van der Waals surface area contributed by atoms with Gasteiger partial charge in [0.1, 0.15) is 5.75 Å². The van der Waals surface area contributed by atoms with Crippen molar-refractivity contribution in [2.45, 2.75) is 6.54 Å². The normalized spacial score (nSPS) is 10.0. The fourth-order valence-corrected chi connectivity index (χ4v) is 2.02. The number of hydrogen-bond acceptors (Lipinski definition) is 3. The molecule has 0 aliphatic carbocycles. The minimum absolute atomic E-state index is 0.779. The SMILES string of the molecule is COc1ccc(NCc2ccncc2)cc1Br. The van der Waals surface area contributed by atoms with Crippen LogP contribution in [-0.4, -0.2) is 12.1 Å². The van der Waals surface area contributed by atoms with E-state index in [2.05, 4.69) is 26.2 Å². The average Bonchev–Trinajstić information content (AvgIpc) is 2.38. The first-order valence-corrected chi connectivity index (χ1v) is 6.05. The van der Waals surface area contributed by atoms with Crippen LogP contribution in [0, 0.1) is 0 Å². The zero-order valence-electron chi connectivity index (χ0n) is 9.48. The molecule has 1 heterocycles. The summed E-state index contributed by atoms with van der Waals surface area (Å²) in [6.45, 7) is 0.779. The lowest BCUT2D eigenvalue weighted by molar-refractivity contribution is 0.412. The fraction of sp³-hybridized carbons (Fsp3) is 0.154. The van der Waals surface area contributed by atoms with Gasteiger partial charge in [-0.15, -0.1) is 0 Å². The monoisotopic (exact) mass is 292 g/mol. The summed E-state index contributed by atoms with van der Waals surface area (Å²) < 4.78 is 6.12. The largest absolute Gasteiger partial charge is 0.496 e. The van der Waals surface area contributed by atoms with Crippen LogP contribution in [0.1, 0.15) is 5.56 Å². The Balaban J connectivity index is 2.02. The Bertz CT molecular complexity index is 488. The first kappa shape index (κ1) is 11.9. The highest BCUT2D eigenvalue weighted by atomic mass is 79.9. The number of benzene rings is 1. The molecule has 4 heteroatoms. The molecule has 0 unspecified atom stereocenters. The van der Waals surface area contributed by atoms with E-state index in [0.717, 1.165) is 22.5 Å². The Labute approximate surface area is 109 Å². The summed E-state index contributed by atoms with van der Waals surface area (Å²) in [4.78, 5) is 3.99. The van der Waals surface area contributed by atoms with E-state index in [9.17, 15) is 0 Å². The molecule has 1 N–H and O–H groups in total. The van der Waals surface area contributed by atoms with Crippen molar-refractivity contribution in [1.82, 2.24) is 4.98 Å². The minimum atomic E-state index is 0.779. The predicted molar refractivity (Wildman–Crippen MR) is 72.3 cm³/mol. The number of rotatable bonds is 4. The summed E-state index contributed by atoms with van der Waals surface area (Å²) in [5.41, 5.74) is 2.25. The molecule has 0 atom stereocenters. The average molecular weight is 293 g/mol. The third-order valence-electron chi connectivity index (χ3n) is 2.40. The number of aromatic nitrogens is 1. The van der Waals surface area contributed by atoms with Crippen LogP contribution in [0.3, 0.4) is 0 Å². The van der Waals surface area contributed by atoms with E-state index >= 15 is 0 Å². The van der Waals surface area contributed by atoms with Crippen molar-refractivity contribution in [2.24, 2.45) is 0 Å². The maximum atomic E-state index is 5.18. The van der Waals surface area contributed by atoms with Crippen molar-refractivity contribution in [3.05, 3.63) is 52.8 Å². The molecule has 2 aromatic rings. The fourth-order valence-electron chi connectivity index (χ4n) is 1.48. The Morgan fingerprint density at radius 3 is 2.65 bits per heavy atom. The molecule has 0 aliphatic rings. The molecule has 3 nitrogen and oxygen atoms in total. The number of hydrogen-bond donors (Lipinski definition) is 1. The Kier molecular flexibility index (Phi) is 3.98. The number of methoxy groups -OCH3 is 1. The van der Waals surface area contributed by atoms with Crippen molar-refractivity contribution < 1.29 is 4.74 Å². The van der Waals surface area contributed by atoms with Gasteiger partial charge in [-0.05, 0) is 51.8 Å². The maximum absolute atomic E-state index is 5.18. The van der Waals surface area contributed by atoms with Crippen LogP contribution in [0.15, 0.2) is 47.2 Å². The Morgan fingerprint density at radius 2 is 2.00 bits per heavy atom. The molecule has 1 aromatic heterocycles. The number of nitrogens with one attached hydrogen (secondary N) is 1. The smallest absolute Gasteiger partial charge is 0.133 e. The van der Waals surface area contributed by atoms with E-state index in [1.165, 1.54) is 5.56 Å². The number of nitrogens with zero attached hydrogens (tertiary/aromatic N) is 1. The molecule has 0 bridgehead atoms. The van der Waals surface area contributed by atoms with Gasteiger partial charge < -0.3 is 10.1 Å². The van der Waals surface area contributed by atoms with E-state index in [0.29, 0.717) is 0 Å². The molecule has 1 aromatic carbocycles. The van der Waals surface area contributed by atoms with E-state index in [1.807, 2.05) is 30.3 Å². The van der Waals surface area contributed by atoms with Crippen LogP contribution >= 0.6 is 15.9 Å². The van der Waals surface area contributed by atoms with Gasteiger partial charge in [-0.1, -0.05) is 0 Å². The molecular weight excluding hydrogens is 280 g/mol. The third-order valence-corrected chi connectivity index (χ3v) is 3.02. The molecule has 0 fully saturated rings. The topological polar surface area (TPSA) is 34.1 Å². The van der Waals surface area contributed by atoms with Crippen LogP contribution in [0.5, 0.6) is 5.75 Å². The van der Waals surface area contributed by atoms with Crippen LogP contribution < -0.4 is 10.1 Å². The number of pyridine rings is 1. The van der Waals surface area contributed by atoms with Crippen LogP contribution in [-0.2, 0) is 6.54 Å². The number of ether oxygens (including phenoxy) is 1. The summed E-state index contributed by atoms with van der Waals surface area (Å²) in [5, 5.41) is 3.34. The van der Waals surface area contributed by atoms with Gasteiger partial charge >= 0.3 is 0 Å². The summed E-state index contributed by atoms with van der Waals surface area (Å²) in [7, 11) is 1.66. The van der Waals surface area contributed by atoms with E-state index in [4.69, 9.17) is 4.74 Å². The van der Waals surface area contributed by atoms with Gasteiger partial charge in [-0.3, -0.25) is 4.98 Å². The maximum Gasteiger partial charge on any atom is 0.133 e. The first-order valence-electron chi connectivity index (χ1n) is 5.26. The van der Waals surface area contributed by atoms with Gasteiger partial charge in [0.15, 0.2) is 0 Å². The molecule has 0 amide bonds. The standard InChI is InChI=1S/C13H13BrN2O/c1-17-13-3-2-11(8-12(13)14)16-9-10-4-6-15-7-5-10/h2-8,16H,9H2,1H3. The van der Waals surface area contributed by atoms with Crippen molar-refractivity contribution in [3.63, 3.8) is 0 Å². The molecule has 2 rings (SSSR count). The van der Waals surface area contributed by atoms with Crippen molar-refractivity contribution in [3.8, 4) is 5.75 Å². The zero-order chi connectivity index (χ0) is 12.1. The van der Waals surface area contributed by atoms with Crippen LogP contribution in [0.4, 0.5) is 5.69 Å². The van der Waals surface area contributed by atoms with E-state index in [-0.39, 0.29) is 0 Å². The van der Waals surface area contributed by atoms with E-state index in [1.54, 1.807) is 19.5 Å². The third kappa shape index (κ3) is 3.20. The molecule has 0 saturated carbocycles. The minimum Gasteiger partial charge on any atom is -0.496 e. The molecule has 0 aliphatic heterocycles. The molecular formula is C13H13BrN2O. The summed E-state index contributed by atoms with van der Waals surface area (Å²) >= 11 is 3.46. The highest BCUT2D eigenvalue weighted by molar-refractivity contribution is 9.10. The van der Waals surface area contributed by atoms with Gasteiger partial charge in [0.25, 0.3) is 0 Å². The van der Waals surface area contributed by atoms with Crippen molar-refractivity contribution in [1.29, 1.82) is 0 Å². The zero-order valence-corrected chi connectivity index (χ0v) is 11.1. The molecule has 0 spiro atoms. The highest BCUT2D eigenvalue weighted by Crippen LogP contribution is 2.27. The van der Waals surface area contributed by atoms with Gasteiger partial charge in [-0.2, -0.15) is 0 Å². The number of anilines is 1. The molecule has 0 saturated heterocycles. The molecule has 17 heavy (non-hydrogen) atoms. The molecule has 88 valence electrons. The predicted octanol–water partition coefficient (Wildman–Crippen LogP) is 3.46. The Morgan fingerprint density at radius 1 is 1.24 bits per heavy atom. The second-order valence-electron chi connectivity index (χ2n) is 3.56. The number of halogens is 1. The second kappa shape index (κ2) is 5.68. The summed E-state index contributed by atoms with van der Waals surface area (Å²) in [6.07, 6.45) is 3.59. The summed E-state index contributed by atoms with van der Waals surface area (Å²) in [5.74, 6) is 0.833. The van der Waals surface area contributed by atoms with Gasteiger partial charge in [0, 0.05) is 24.6 Å². The van der Waals surface area contributed by atoms with E-state index < -0.39 is 0 Å². The van der Waals surface area contributed by atoms with Gasteiger partial charge in [0.05, 0.1) is 11.6 Å². The van der Waals surface area contributed by atoms with Crippen molar-refractivity contribution >= 4 is 21.6 Å². The lowest BCUT2D eigenvalue weighted by Gasteiger charge is -2.09. The lowest BCUT2D eigenvalue weighted by Crippen LogP contribution is -1.99. The quantitative estimate of drug-likeness (QED) is 0.937. The lowest BCUT2D eigenvalue weighted by atomic mass is 10.2. The highest BCUT2D eigenvalue weighted by Gasteiger charge is 2.00. The van der Waals surface area contributed by atoms with Crippen LogP contribution in [0.2, 0.25) is 0 Å². The van der Waals surface area contributed by atoms with Gasteiger partial charge in [-0.25, -0.2) is 0 Å². The Hall–Kier alpha value is -1.55. The van der Waals surface area contributed by atoms with Crippen molar-refractivity contribution in [2.75, 3.05) is 12.4 Å². The second-order valence-corrected chi connectivity index (χ2v) is 4.41. The summed E-state index contributed by atoms with van der Waals surface area (Å²) in [6, 6.07) is 9.90. The molecule has 0 radical (unpaired) electrons. The first-order chi connectivity index (χ1) is 8.29. The van der Waals surface area contributed by atoms with Crippen LogP contribution in [0.25, 0.3) is 0 Å².